The number of nitrogens with one attached hydrogen (secondary N) is 1. The first-order valence-corrected chi connectivity index (χ1v) is 4.87. The number of aromatic amines is 1. The molecule has 0 saturated carbocycles. The zero-order chi connectivity index (χ0) is 10.8. The van der Waals surface area contributed by atoms with Gasteiger partial charge in [0.1, 0.15) is 0 Å². The van der Waals surface area contributed by atoms with E-state index < -0.39 is 0 Å². The fraction of sp³-hybridized carbons (Fsp3) is 0.0909. The zero-order valence-corrected chi connectivity index (χ0v) is 8.88. The molecule has 15 heavy (non-hydrogen) atoms. The summed E-state index contributed by atoms with van der Waals surface area (Å²) in [6.45, 7) is 1.88. The van der Waals surface area contributed by atoms with Crippen LogP contribution in [-0.2, 0) is 0 Å². The Bertz CT molecular complexity index is 548. The molecule has 0 fully saturated rings. The van der Waals surface area contributed by atoms with Crippen molar-refractivity contribution in [1.82, 2.24) is 9.97 Å². The monoisotopic (exact) mass is 220 g/mol. The molecule has 3 nitrogen and oxygen atoms in total. The lowest BCUT2D eigenvalue weighted by Gasteiger charge is -2.06. The highest BCUT2D eigenvalue weighted by Crippen LogP contribution is 2.26. The van der Waals surface area contributed by atoms with Gasteiger partial charge in [-0.05, 0) is 18.6 Å². The third-order valence-electron chi connectivity index (χ3n) is 2.14. The number of hydrogen-bond acceptors (Lipinski definition) is 2. The second-order valence-corrected chi connectivity index (χ2v) is 3.63. The lowest BCUT2D eigenvalue weighted by Crippen LogP contribution is -2.11. The average molecular weight is 221 g/mol. The number of H-pyrrole nitrogens is 1. The Kier molecular flexibility index (Phi) is 2.56. The summed E-state index contributed by atoms with van der Waals surface area (Å²) >= 11 is 6.04. The van der Waals surface area contributed by atoms with Crippen molar-refractivity contribution in [2.75, 3.05) is 0 Å². The van der Waals surface area contributed by atoms with E-state index in [1.165, 1.54) is 6.20 Å². The molecule has 2 aromatic rings. The van der Waals surface area contributed by atoms with Crippen molar-refractivity contribution >= 4 is 11.6 Å². The molecule has 1 heterocycles. The van der Waals surface area contributed by atoms with Crippen LogP contribution in [0.1, 0.15) is 5.56 Å². The van der Waals surface area contributed by atoms with E-state index in [1.807, 2.05) is 25.1 Å². The van der Waals surface area contributed by atoms with Gasteiger partial charge in [0.05, 0.1) is 5.69 Å². The van der Waals surface area contributed by atoms with E-state index in [0.29, 0.717) is 5.02 Å². The Morgan fingerprint density at radius 1 is 1.33 bits per heavy atom. The SMILES string of the molecule is Cc1cnc(=O)[nH]c1-c1ccccc1Cl. The van der Waals surface area contributed by atoms with Crippen molar-refractivity contribution in [3.63, 3.8) is 0 Å². The van der Waals surface area contributed by atoms with Crippen LogP contribution < -0.4 is 5.69 Å². The predicted octanol–water partition coefficient (Wildman–Crippen LogP) is 2.40. The molecule has 0 bridgehead atoms. The van der Waals surface area contributed by atoms with Crippen molar-refractivity contribution in [2.45, 2.75) is 6.92 Å². The number of benzene rings is 1. The van der Waals surface area contributed by atoms with Crippen LogP contribution in [0, 0.1) is 6.92 Å². The Morgan fingerprint density at radius 2 is 2.07 bits per heavy atom. The molecule has 1 aromatic carbocycles. The van der Waals surface area contributed by atoms with Crippen molar-refractivity contribution < 1.29 is 0 Å². The van der Waals surface area contributed by atoms with Crippen molar-refractivity contribution in [3.05, 3.63) is 51.5 Å². The van der Waals surface area contributed by atoms with Crippen LogP contribution in [0.25, 0.3) is 11.3 Å². The largest absolute Gasteiger partial charge is 0.345 e. The fourth-order valence-corrected chi connectivity index (χ4v) is 1.63. The molecule has 0 saturated heterocycles. The first-order chi connectivity index (χ1) is 7.18. The van der Waals surface area contributed by atoms with Crippen LogP contribution in [0.4, 0.5) is 0 Å². The van der Waals surface area contributed by atoms with Crippen LogP contribution in [0.5, 0.6) is 0 Å². The van der Waals surface area contributed by atoms with Gasteiger partial charge in [-0.15, -0.1) is 0 Å². The lowest BCUT2D eigenvalue weighted by molar-refractivity contribution is 1.06. The molecule has 2 rings (SSSR count). The van der Waals surface area contributed by atoms with Gasteiger partial charge in [-0.2, -0.15) is 0 Å². The molecule has 0 spiro atoms. The normalized spacial score (nSPS) is 10.3. The number of hydrogen-bond donors (Lipinski definition) is 1. The van der Waals surface area contributed by atoms with E-state index in [1.54, 1.807) is 6.07 Å². The molecule has 0 amide bonds. The molecule has 0 aliphatic rings. The highest BCUT2D eigenvalue weighted by atomic mass is 35.5. The van der Waals surface area contributed by atoms with Crippen molar-refractivity contribution in [2.24, 2.45) is 0 Å². The van der Waals surface area contributed by atoms with Gasteiger partial charge in [0, 0.05) is 16.8 Å². The van der Waals surface area contributed by atoms with Crippen molar-refractivity contribution in [3.8, 4) is 11.3 Å². The van der Waals surface area contributed by atoms with Gasteiger partial charge in [-0.25, -0.2) is 9.78 Å². The molecule has 1 aromatic heterocycles. The maximum Gasteiger partial charge on any atom is 0.345 e. The summed E-state index contributed by atoms with van der Waals surface area (Å²) in [7, 11) is 0. The highest BCUT2D eigenvalue weighted by Gasteiger charge is 2.06. The first kappa shape index (κ1) is 9.93. The van der Waals surface area contributed by atoms with Crippen LogP contribution in [0.3, 0.4) is 0 Å². The molecule has 76 valence electrons. The van der Waals surface area contributed by atoms with Crippen LogP contribution in [0.15, 0.2) is 35.3 Å². The minimum atomic E-state index is -0.365. The number of rotatable bonds is 1. The molecule has 0 radical (unpaired) electrons. The van der Waals surface area contributed by atoms with Gasteiger partial charge in [0.15, 0.2) is 0 Å². The molecule has 0 atom stereocenters. The van der Waals surface area contributed by atoms with E-state index in [0.717, 1.165) is 16.8 Å². The number of nitrogens with zero attached hydrogens (tertiary/aromatic N) is 1. The second-order valence-electron chi connectivity index (χ2n) is 3.23. The third-order valence-corrected chi connectivity index (χ3v) is 2.47. The molecule has 0 aliphatic heterocycles. The van der Waals surface area contributed by atoms with Gasteiger partial charge in [0.25, 0.3) is 0 Å². The zero-order valence-electron chi connectivity index (χ0n) is 8.12. The van der Waals surface area contributed by atoms with Gasteiger partial charge in [0.2, 0.25) is 0 Å². The van der Waals surface area contributed by atoms with E-state index in [9.17, 15) is 4.79 Å². The predicted molar refractivity (Wildman–Crippen MR) is 60.0 cm³/mol. The molecule has 1 N–H and O–H groups in total. The Hall–Kier alpha value is -1.61. The molecular weight excluding hydrogens is 212 g/mol. The summed E-state index contributed by atoms with van der Waals surface area (Å²) < 4.78 is 0. The van der Waals surface area contributed by atoms with Crippen LogP contribution >= 0.6 is 11.6 Å². The molecule has 0 unspecified atom stereocenters. The summed E-state index contributed by atoms with van der Waals surface area (Å²) in [6.07, 6.45) is 1.54. The van der Waals surface area contributed by atoms with Gasteiger partial charge in [-0.3, -0.25) is 0 Å². The second kappa shape index (κ2) is 3.87. The topological polar surface area (TPSA) is 45.8 Å². The Balaban J connectivity index is 2.69. The molecular formula is C11H9ClN2O. The fourth-order valence-electron chi connectivity index (χ4n) is 1.40. The number of aryl methyl sites for hydroxylation is 1. The maximum atomic E-state index is 11.1. The summed E-state index contributed by atoms with van der Waals surface area (Å²) in [4.78, 5) is 17.4. The molecule has 0 aliphatic carbocycles. The van der Waals surface area contributed by atoms with E-state index in [-0.39, 0.29) is 5.69 Å². The van der Waals surface area contributed by atoms with Crippen LogP contribution in [0.2, 0.25) is 5.02 Å². The van der Waals surface area contributed by atoms with Crippen molar-refractivity contribution in [1.29, 1.82) is 0 Å². The molecule has 4 heteroatoms. The minimum absolute atomic E-state index is 0.365. The van der Waals surface area contributed by atoms with Gasteiger partial charge >= 0.3 is 5.69 Å². The smallest absolute Gasteiger partial charge is 0.305 e. The standard InChI is InChI=1S/C11H9ClN2O/c1-7-6-13-11(15)14-10(7)8-4-2-3-5-9(8)12/h2-6H,1H3,(H,13,14,15). The van der Waals surface area contributed by atoms with E-state index >= 15 is 0 Å². The quantitative estimate of drug-likeness (QED) is 0.802. The van der Waals surface area contributed by atoms with Crippen LogP contribution in [-0.4, -0.2) is 9.97 Å². The third kappa shape index (κ3) is 1.92. The summed E-state index contributed by atoms with van der Waals surface area (Å²) in [5, 5.41) is 0.613. The average Bonchev–Trinajstić information content (AvgIpc) is 2.23. The highest BCUT2D eigenvalue weighted by molar-refractivity contribution is 6.33. The summed E-state index contributed by atoms with van der Waals surface area (Å²) in [5.74, 6) is 0. The number of halogens is 1. The number of aromatic nitrogens is 2. The summed E-state index contributed by atoms with van der Waals surface area (Å²) in [6, 6.07) is 7.37. The Labute approximate surface area is 91.8 Å². The van der Waals surface area contributed by atoms with E-state index in [4.69, 9.17) is 11.6 Å². The van der Waals surface area contributed by atoms with Gasteiger partial charge < -0.3 is 4.98 Å². The van der Waals surface area contributed by atoms with E-state index in [2.05, 4.69) is 9.97 Å². The Morgan fingerprint density at radius 3 is 2.80 bits per heavy atom. The maximum absolute atomic E-state index is 11.1. The minimum Gasteiger partial charge on any atom is -0.305 e. The lowest BCUT2D eigenvalue weighted by atomic mass is 10.1. The first-order valence-electron chi connectivity index (χ1n) is 4.49. The summed E-state index contributed by atoms with van der Waals surface area (Å²) in [5.41, 5.74) is 2.06. The van der Waals surface area contributed by atoms with Gasteiger partial charge in [-0.1, -0.05) is 29.8 Å².